The van der Waals surface area contributed by atoms with Gasteiger partial charge in [-0.25, -0.2) is 4.98 Å². The van der Waals surface area contributed by atoms with Gasteiger partial charge in [-0.05, 0) is 25.8 Å². The lowest BCUT2D eigenvalue weighted by Gasteiger charge is -2.27. The van der Waals surface area contributed by atoms with E-state index in [2.05, 4.69) is 54.2 Å². The van der Waals surface area contributed by atoms with Gasteiger partial charge in [-0.1, -0.05) is 30.3 Å². The zero-order chi connectivity index (χ0) is 12.5. The fraction of sp³-hybridized carbons (Fsp3) is 0.400. The highest BCUT2D eigenvalue weighted by atomic mass is 15.2. The van der Waals surface area contributed by atoms with Gasteiger partial charge in [0, 0.05) is 24.7 Å². The van der Waals surface area contributed by atoms with Gasteiger partial charge >= 0.3 is 0 Å². The zero-order valence-corrected chi connectivity index (χ0v) is 10.9. The van der Waals surface area contributed by atoms with Crippen LogP contribution in [0.1, 0.15) is 37.6 Å². The van der Waals surface area contributed by atoms with E-state index in [1.54, 1.807) is 0 Å². The summed E-state index contributed by atoms with van der Waals surface area (Å²) in [6.07, 6.45) is 4.25. The first-order valence-electron chi connectivity index (χ1n) is 6.60. The van der Waals surface area contributed by atoms with Gasteiger partial charge in [0.25, 0.3) is 0 Å². The maximum atomic E-state index is 4.70. The molecule has 1 N–H and O–H groups in total. The van der Waals surface area contributed by atoms with Gasteiger partial charge in [-0.3, -0.25) is 0 Å². The van der Waals surface area contributed by atoms with Gasteiger partial charge in [0.05, 0.1) is 5.69 Å². The minimum absolute atomic E-state index is 0.513. The van der Waals surface area contributed by atoms with Gasteiger partial charge in [0.1, 0.15) is 0 Å². The molecule has 94 valence electrons. The lowest BCUT2D eigenvalue weighted by molar-refractivity contribution is 0.449. The Morgan fingerprint density at radius 2 is 2.06 bits per heavy atom. The van der Waals surface area contributed by atoms with Crippen LogP contribution >= 0.6 is 0 Å². The van der Waals surface area contributed by atoms with Crippen molar-refractivity contribution in [2.75, 3.05) is 5.32 Å². The van der Waals surface area contributed by atoms with E-state index in [1.807, 2.05) is 6.07 Å². The number of nitrogens with zero attached hydrogens (tertiary/aromatic N) is 2. The summed E-state index contributed by atoms with van der Waals surface area (Å²) in [5.41, 5.74) is 2.46. The zero-order valence-electron chi connectivity index (χ0n) is 10.9. The molecule has 0 radical (unpaired) electrons. The van der Waals surface area contributed by atoms with Gasteiger partial charge < -0.3 is 9.88 Å². The molecule has 0 saturated carbocycles. The van der Waals surface area contributed by atoms with Crippen LogP contribution in [0.15, 0.2) is 36.5 Å². The highest BCUT2D eigenvalue weighted by Gasteiger charge is 2.21. The highest BCUT2D eigenvalue weighted by Crippen LogP contribution is 2.27. The minimum atomic E-state index is 0.513. The monoisotopic (exact) mass is 241 g/mol. The largest absolute Gasteiger partial charge is 0.353 e. The number of anilines is 1. The van der Waals surface area contributed by atoms with Gasteiger partial charge in [-0.15, -0.1) is 0 Å². The third kappa shape index (κ3) is 2.13. The number of fused-ring (bicyclic) bond motifs is 1. The molecule has 1 aromatic heterocycles. The van der Waals surface area contributed by atoms with E-state index in [0.717, 1.165) is 24.5 Å². The van der Waals surface area contributed by atoms with Crippen molar-refractivity contribution >= 4 is 5.95 Å². The van der Waals surface area contributed by atoms with Gasteiger partial charge in [-0.2, -0.15) is 0 Å². The topological polar surface area (TPSA) is 29.9 Å². The Kier molecular flexibility index (Phi) is 2.82. The Morgan fingerprint density at radius 1 is 1.28 bits per heavy atom. The first-order valence-corrected chi connectivity index (χ1v) is 6.60. The Bertz CT molecular complexity index is 530. The molecule has 2 aromatic rings. The van der Waals surface area contributed by atoms with Crippen LogP contribution in [0, 0.1) is 0 Å². The van der Waals surface area contributed by atoms with E-state index in [9.17, 15) is 0 Å². The molecular weight excluding hydrogens is 222 g/mol. The van der Waals surface area contributed by atoms with Crippen LogP contribution in [0.5, 0.6) is 0 Å². The number of hydrogen-bond donors (Lipinski definition) is 1. The van der Waals surface area contributed by atoms with E-state index in [4.69, 9.17) is 4.98 Å². The summed E-state index contributed by atoms with van der Waals surface area (Å²) in [7, 11) is 0. The molecular formula is C15H19N3. The predicted molar refractivity (Wildman–Crippen MR) is 73.9 cm³/mol. The Labute approximate surface area is 108 Å². The highest BCUT2D eigenvalue weighted by molar-refractivity contribution is 5.35. The van der Waals surface area contributed by atoms with Gasteiger partial charge in [0.15, 0.2) is 0 Å². The maximum Gasteiger partial charge on any atom is 0.203 e. The van der Waals surface area contributed by atoms with Crippen LogP contribution in [0.4, 0.5) is 5.95 Å². The smallest absolute Gasteiger partial charge is 0.203 e. The van der Waals surface area contributed by atoms with Crippen molar-refractivity contribution in [1.82, 2.24) is 9.55 Å². The molecule has 0 bridgehead atoms. The minimum Gasteiger partial charge on any atom is -0.353 e. The molecule has 1 aliphatic rings. The summed E-state index contributed by atoms with van der Waals surface area (Å²) in [4.78, 5) is 4.70. The molecule has 2 atom stereocenters. The summed E-state index contributed by atoms with van der Waals surface area (Å²) in [5, 5.41) is 3.45. The molecule has 18 heavy (non-hydrogen) atoms. The molecule has 0 aliphatic carbocycles. The standard InChI is InChI=1S/C15H19N3/c1-11-8-12(2)18-10-14(17-15(18)16-11)9-13-6-4-3-5-7-13/h3-7,10-12H,8-9H2,1-2H3,(H,16,17). The van der Waals surface area contributed by atoms with E-state index < -0.39 is 0 Å². The second-order valence-corrected chi connectivity index (χ2v) is 5.26. The van der Waals surface area contributed by atoms with Crippen LogP contribution < -0.4 is 5.32 Å². The molecule has 0 saturated heterocycles. The molecule has 1 aliphatic heterocycles. The Morgan fingerprint density at radius 3 is 2.83 bits per heavy atom. The van der Waals surface area contributed by atoms with Crippen LogP contribution in [0.3, 0.4) is 0 Å². The molecule has 0 amide bonds. The first-order chi connectivity index (χ1) is 8.72. The average molecular weight is 241 g/mol. The van der Waals surface area contributed by atoms with Crippen molar-refractivity contribution in [3.63, 3.8) is 0 Å². The molecule has 3 rings (SSSR count). The van der Waals surface area contributed by atoms with Crippen LogP contribution in [-0.2, 0) is 6.42 Å². The predicted octanol–water partition coefficient (Wildman–Crippen LogP) is 3.24. The average Bonchev–Trinajstić information content (AvgIpc) is 2.73. The number of imidazole rings is 1. The summed E-state index contributed by atoms with van der Waals surface area (Å²) < 4.78 is 2.26. The second kappa shape index (κ2) is 4.48. The van der Waals surface area contributed by atoms with E-state index >= 15 is 0 Å². The fourth-order valence-electron chi connectivity index (χ4n) is 2.68. The third-order valence-corrected chi connectivity index (χ3v) is 3.56. The second-order valence-electron chi connectivity index (χ2n) is 5.26. The maximum absolute atomic E-state index is 4.70. The molecule has 3 heteroatoms. The van der Waals surface area contributed by atoms with Crippen molar-refractivity contribution in [2.45, 2.75) is 38.8 Å². The van der Waals surface area contributed by atoms with Crippen molar-refractivity contribution < 1.29 is 0 Å². The van der Waals surface area contributed by atoms with Crippen LogP contribution in [0.2, 0.25) is 0 Å². The molecule has 2 heterocycles. The lowest BCUT2D eigenvalue weighted by atomic mass is 10.1. The normalized spacial score (nSPS) is 22.3. The number of hydrogen-bond acceptors (Lipinski definition) is 2. The molecule has 0 fully saturated rings. The first kappa shape index (κ1) is 11.3. The van der Waals surface area contributed by atoms with Crippen molar-refractivity contribution in [3.05, 3.63) is 47.8 Å². The third-order valence-electron chi connectivity index (χ3n) is 3.56. The molecule has 2 unspecified atom stereocenters. The Hall–Kier alpha value is -1.77. The van der Waals surface area contributed by atoms with E-state index in [1.165, 1.54) is 5.56 Å². The SMILES string of the molecule is CC1CC(C)n2cc(Cc3ccccc3)nc2N1. The molecule has 0 spiro atoms. The Balaban J connectivity index is 1.85. The number of nitrogens with one attached hydrogen (secondary N) is 1. The fourth-order valence-corrected chi connectivity index (χ4v) is 2.68. The molecule has 3 nitrogen and oxygen atoms in total. The summed E-state index contributed by atoms with van der Waals surface area (Å²) in [5.74, 6) is 1.02. The van der Waals surface area contributed by atoms with Crippen molar-refractivity contribution in [3.8, 4) is 0 Å². The summed E-state index contributed by atoms with van der Waals surface area (Å²) >= 11 is 0. The van der Waals surface area contributed by atoms with Crippen LogP contribution in [0.25, 0.3) is 0 Å². The van der Waals surface area contributed by atoms with E-state index in [-0.39, 0.29) is 0 Å². The summed E-state index contributed by atoms with van der Waals surface area (Å²) in [6.45, 7) is 4.47. The quantitative estimate of drug-likeness (QED) is 0.874. The summed E-state index contributed by atoms with van der Waals surface area (Å²) in [6, 6.07) is 11.6. The van der Waals surface area contributed by atoms with Crippen molar-refractivity contribution in [2.24, 2.45) is 0 Å². The van der Waals surface area contributed by atoms with Crippen molar-refractivity contribution in [1.29, 1.82) is 0 Å². The number of rotatable bonds is 2. The van der Waals surface area contributed by atoms with Gasteiger partial charge in [0.2, 0.25) is 5.95 Å². The van der Waals surface area contributed by atoms with E-state index in [0.29, 0.717) is 12.1 Å². The molecule has 1 aromatic carbocycles. The van der Waals surface area contributed by atoms with Crippen LogP contribution in [-0.4, -0.2) is 15.6 Å². The lowest BCUT2D eigenvalue weighted by Crippen LogP contribution is -2.28. The number of benzene rings is 1. The number of aromatic nitrogens is 2.